The Morgan fingerprint density at radius 3 is 2.41 bits per heavy atom. The van der Waals surface area contributed by atoms with Crippen molar-refractivity contribution in [3.63, 3.8) is 0 Å². The molecule has 1 heterocycles. The van der Waals surface area contributed by atoms with E-state index < -0.39 is 29.8 Å². The molecule has 5 rings (SSSR count). The second-order valence-electron chi connectivity index (χ2n) is 10.0. The number of hydrogen-bond acceptors (Lipinski definition) is 5. The monoisotopic (exact) mass is 533 g/mol. The average Bonchev–Trinajstić information content (AvgIpc) is 3.48. The molecule has 8 heteroatoms. The maximum absolute atomic E-state index is 14.0. The number of halogens is 1. The number of carboxylic acids is 1. The van der Waals surface area contributed by atoms with Crippen molar-refractivity contribution in [1.82, 2.24) is 4.90 Å². The van der Waals surface area contributed by atoms with Gasteiger partial charge in [-0.05, 0) is 47.7 Å². The predicted molar refractivity (Wildman–Crippen MR) is 142 cm³/mol. The molecule has 7 nitrogen and oxygen atoms in total. The molecule has 0 aromatic heterocycles. The summed E-state index contributed by atoms with van der Waals surface area (Å²) in [6.07, 6.45) is 2.61. The first kappa shape index (κ1) is 26.7. The number of fused-ring (bicyclic) bond motifs is 1. The van der Waals surface area contributed by atoms with Crippen LogP contribution in [0.1, 0.15) is 54.0 Å². The van der Waals surface area contributed by atoms with Crippen molar-refractivity contribution in [2.45, 2.75) is 63.5 Å². The minimum atomic E-state index is -1.13. The van der Waals surface area contributed by atoms with E-state index >= 15 is 0 Å². The first-order valence-corrected chi connectivity index (χ1v) is 13.2. The number of carboxylic acid groups (broad SMARTS) is 1. The van der Waals surface area contributed by atoms with Crippen LogP contribution in [0.3, 0.4) is 0 Å². The molecule has 3 aromatic carbocycles. The van der Waals surface area contributed by atoms with Gasteiger partial charge in [0.25, 0.3) is 5.91 Å². The summed E-state index contributed by atoms with van der Waals surface area (Å²) < 4.78 is 31.7. The average molecular weight is 534 g/mol. The molecule has 0 unspecified atom stereocenters. The lowest BCUT2D eigenvalue weighted by Crippen LogP contribution is -2.50. The van der Waals surface area contributed by atoms with Crippen LogP contribution in [0, 0.1) is 5.82 Å². The van der Waals surface area contributed by atoms with Crippen molar-refractivity contribution in [3.8, 4) is 11.5 Å². The van der Waals surface area contributed by atoms with Crippen LogP contribution >= 0.6 is 0 Å². The molecule has 39 heavy (non-hydrogen) atoms. The van der Waals surface area contributed by atoms with E-state index in [1.165, 1.54) is 36.3 Å². The molecule has 2 atom stereocenters. The van der Waals surface area contributed by atoms with Crippen LogP contribution in [0.5, 0.6) is 11.5 Å². The second kappa shape index (κ2) is 11.9. The summed E-state index contributed by atoms with van der Waals surface area (Å²) in [7, 11) is 1.54. The summed E-state index contributed by atoms with van der Waals surface area (Å²) >= 11 is 0. The van der Waals surface area contributed by atoms with Gasteiger partial charge in [-0.3, -0.25) is 4.79 Å². The molecule has 0 bridgehead atoms. The highest BCUT2D eigenvalue weighted by Crippen LogP contribution is 2.40. The van der Waals surface area contributed by atoms with E-state index in [0.717, 1.165) is 36.8 Å². The van der Waals surface area contributed by atoms with E-state index in [9.17, 15) is 19.1 Å². The van der Waals surface area contributed by atoms with Crippen LogP contribution in [0.2, 0.25) is 0 Å². The predicted octanol–water partition coefficient (Wildman–Crippen LogP) is 5.45. The molecule has 3 aromatic rings. The molecule has 204 valence electrons. The number of benzene rings is 3. The molecule has 1 saturated carbocycles. The highest BCUT2D eigenvalue weighted by Gasteiger charge is 2.41. The van der Waals surface area contributed by atoms with Gasteiger partial charge in [0, 0.05) is 18.5 Å². The maximum atomic E-state index is 14.0. The van der Waals surface area contributed by atoms with Crippen molar-refractivity contribution < 1.29 is 33.3 Å². The number of rotatable bonds is 9. The Morgan fingerprint density at radius 1 is 1.03 bits per heavy atom. The molecule has 0 saturated heterocycles. The fourth-order valence-corrected chi connectivity index (χ4v) is 5.40. The third-order valence-electron chi connectivity index (χ3n) is 7.48. The van der Waals surface area contributed by atoms with Crippen LogP contribution < -0.4 is 9.47 Å². The normalized spacial score (nSPS) is 17.9. The lowest BCUT2D eigenvalue weighted by atomic mass is 9.91. The Morgan fingerprint density at radius 2 is 1.74 bits per heavy atom. The zero-order valence-electron chi connectivity index (χ0n) is 21.8. The number of carbonyl (C=O) groups excluding carboxylic acids is 1. The van der Waals surface area contributed by atoms with E-state index in [0.29, 0.717) is 22.6 Å². The zero-order valence-corrected chi connectivity index (χ0v) is 21.8. The van der Waals surface area contributed by atoms with E-state index in [4.69, 9.17) is 14.2 Å². The van der Waals surface area contributed by atoms with Crippen LogP contribution in [0.4, 0.5) is 4.39 Å². The second-order valence-corrected chi connectivity index (χ2v) is 10.0. The fourth-order valence-electron chi connectivity index (χ4n) is 5.40. The minimum Gasteiger partial charge on any atom is -0.493 e. The molecule has 0 spiro atoms. The summed E-state index contributed by atoms with van der Waals surface area (Å²) in [5.74, 6) is -1.01. The third kappa shape index (κ3) is 5.91. The van der Waals surface area contributed by atoms with Crippen LogP contribution in [-0.2, 0) is 33.9 Å². The van der Waals surface area contributed by atoms with Gasteiger partial charge < -0.3 is 24.2 Å². The van der Waals surface area contributed by atoms with Crippen LogP contribution in [0.25, 0.3) is 0 Å². The smallest absolute Gasteiger partial charge is 0.326 e. The van der Waals surface area contributed by atoms with Gasteiger partial charge >= 0.3 is 5.97 Å². The third-order valence-corrected chi connectivity index (χ3v) is 7.48. The molecule has 2 aliphatic rings. The lowest BCUT2D eigenvalue weighted by Gasteiger charge is -2.37. The number of amides is 1. The molecular weight excluding hydrogens is 501 g/mol. The number of carbonyl (C=O) groups is 2. The first-order chi connectivity index (χ1) is 18.9. The Hall–Kier alpha value is -3.91. The first-order valence-electron chi connectivity index (χ1n) is 13.2. The van der Waals surface area contributed by atoms with Crippen molar-refractivity contribution in [3.05, 3.63) is 94.8 Å². The highest BCUT2D eigenvalue weighted by molar-refractivity contribution is 5.88. The number of ether oxygens (including phenoxy) is 3. The molecular formula is C31H32FNO6. The van der Waals surface area contributed by atoms with Gasteiger partial charge in [-0.2, -0.15) is 0 Å². The van der Waals surface area contributed by atoms with Crippen LogP contribution in [0.15, 0.2) is 66.7 Å². The molecule has 1 amide bonds. The fraction of sp³-hybridized carbons (Fsp3) is 0.355. The van der Waals surface area contributed by atoms with E-state index in [1.807, 2.05) is 36.4 Å². The van der Waals surface area contributed by atoms with Gasteiger partial charge in [-0.1, -0.05) is 61.4 Å². The van der Waals surface area contributed by atoms with Gasteiger partial charge in [0.05, 0.1) is 13.2 Å². The highest BCUT2D eigenvalue weighted by atomic mass is 19.1. The Balaban J connectivity index is 1.46. The summed E-state index contributed by atoms with van der Waals surface area (Å²) in [4.78, 5) is 27.9. The van der Waals surface area contributed by atoms with Crippen molar-refractivity contribution in [2.75, 3.05) is 7.11 Å². The summed E-state index contributed by atoms with van der Waals surface area (Å²) in [6, 6.07) is 17.8. The topological polar surface area (TPSA) is 85.3 Å². The van der Waals surface area contributed by atoms with E-state index in [2.05, 4.69) is 0 Å². The summed E-state index contributed by atoms with van der Waals surface area (Å²) in [5.41, 5.74) is 2.95. The standard InChI is InChI=1S/C31H32FNO6/c1-37-27-16-13-22-18-33(26(31(35)36)17-25(22)29(27)38-19-20-7-3-2-4-8-20)30(34)28(39-24-9-5-6-10-24)21-11-14-23(32)15-12-21/h2-4,7-8,11-16,24,26,28H,5-6,9-10,17-19H2,1H3,(H,35,36)/t26-,28-/m1/s1. The molecule has 1 aliphatic carbocycles. The number of hydrogen-bond donors (Lipinski definition) is 1. The van der Waals surface area contributed by atoms with E-state index in [1.54, 1.807) is 6.07 Å². The van der Waals surface area contributed by atoms with Gasteiger partial charge in [-0.15, -0.1) is 0 Å². The Kier molecular flexibility index (Phi) is 8.12. The van der Waals surface area contributed by atoms with Crippen molar-refractivity contribution >= 4 is 11.9 Å². The molecule has 1 N–H and O–H groups in total. The molecule has 1 aliphatic heterocycles. The molecule has 0 radical (unpaired) electrons. The SMILES string of the molecule is COc1ccc2c(c1OCc1ccccc1)C[C@H](C(=O)O)N(C(=O)[C@H](OC1CCCC1)c1ccc(F)cc1)C2. The van der Waals surface area contributed by atoms with Crippen molar-refractivity contribution in [1.29, 1.82) is 0 Å². The zero-order chi connectivity index (χ0) is 27.4. The Labute approximate surface area is 227 Å². The van der Waals surface area contributed by atoms with Crippen molar-refractivity contribution in [2.24, 2.45) is 0 Å². The van der Waals surface area contributed by atoms with Gasteiger partial charge in [0.2, 0.25) is 0 Å². The van der Waals surface area contributed by atoms with Gasteiger partial charge in [0.15, 0.2) is 17.6 Å². The number of methoxy groups -OCH3 is 1. The largest absolute Gasteiger partial charge is 0.493 e. The van der Waals surface area contributed by atoms with E-state index in [-0.39, 0.29) is 25.7 Å². The maximum Gasteiger partial charge on any atom is 0.326 e. The van der Waals surface area contributed by atoms with Gasteiger partial charge in [0.1, 0.15) is 18.5 Å². The number of aliphatic carboxylic acids is 1. The summed E-state index contributed by atoms with van der Waals surface area (Å²) in [6.45, 7) is 0.360. The number of nitrogens with zero attached hydrogens (tertiary/aromatic N) is 1. The minimum absolute atomic E-state index is 0.0529. The molecule has 1 fully saturated rings. The van der Waals surface area contributed by atoms with Crippen LogP contribution in [-0.4, -0.2) is 41.1 Å². The Bertz CT molecular complexity index is 1310. The quantitative estimate of drug-likeness (QED) is 0.394. The van der Waals surface area contributed by atoms with Gasteiger partial charge in [-0.25, -0.2) is 9.18 Å². The summed E-state index contributed by atoms with van der Waals surface area (Å²) in [5, 5.41) is 10.2. The lowest BCUT2D eigenvalue weighted by molar-refractivity contribution is -0.160.